The summed E-state index contributed by atoms with van der Waals surface area (Å²) in [5, 5.41) is 12.2. The zero-order valence-electron chi connectivity index (χ0n) is 24.3. The predicted molar refractivity (Wildman–Crippen MR) is 178 cm³/mol. The van der Waals surface area contributed by atoms with Crippen molar-refractivity contribution in [3.8, 4) is 11.5 Å². The van der Waals surface area contributed by atoms with Crippen molar-refractivity contribution >= 4 is 43.7 Å². The number of amides is 1. The minimum Gasteiger partial charge on any atom is -0.497 e. The van der Waals surface area contributed by atoms with Crippen LogP contribution >= 0.6 is 31.9 Å². The molecule has 0 saturated carbocycles. The normalized spacial score (nSPS) is 17.5. The molecule has 2 N–H and O–H groups in total. The Morgan fingerprint density at radius 1 is 0.977 bits per heavy atom. The maximum absolute atomic E-state index is 14.5. The molecule has 4 aromatic rings. The van der Waals surface area contributed by atoms with Crippen LogP contribution in [0.25, 0.3) is 0 Å². The maximum atomic E-state index is 14.5. The van der Waals surface area contributed by atoms with E-state index in [1.165, 1.54) is 0 Å². The molecule has 4 aromatic carbocycles. The highest BCUT2D eigenvalue weighted by molar-refractivity contribution is 9.10. The van der Waals surface area contributed by atoms with Crippen LogP contribution in [0.2, 0.25) is 0 Å². The van der Waals surface area contributed by atoms with Crippen LogP contribution < -0.4 is 14.8 Å². The first-order chi connectivity index (χ1) is 21.4. The second-order valence-electron chi connectivity index (χ2n) is 10.5. The number of halogens is 2. The molecule has 1 amide bonds. The van der Waals surface area contributed by atoms with Gasteiger partial charge in [-0.2, -0.15) is 0 Å². The number of hydrogen-bond acceptors (Lipinski definition) is 6. The average Bonchev–Trinajstić information content (AvgIpc) is 3.44. The SMILES string of the molecule is COc1cccc([C@H]2OC(c3ccc(OCCCO)cc3)=N[C@@]2(Cc2ccccc2Br)C(=O)NCCc2ccc(Br)cc2)c1. The van der Waals surface area contributed by atoms with Gasteiger partial charge in [-0.25, -0.2) is 4.99 Å². The van der Waals surface area contributed by atoms with Crippen LogP contribution in [0.4, 0.5) is 0 Å². The van der Waals surface area contributed by atoms with Crippen LogP contribution in [0.15, 0.2) is 111 Å². The first-order valence-electron chi connectivity index (χ1n) is 14.4. The van der Waals surface area contributed by atoms with Crippen molar-refractivity contribution in [1.82, 2.24) is 5.32 Å². The van der Waals surface area contributed by atoms with Gasteiger partial charge in [0.15, 0.2) is 11.6 Å². The van der Waals surface area contributed by atoms with E-state index in [2.05, 4.69) is 37.2 Å². The first kappa shape index (κ1) is 31.8. The van der Waals surface area contributed by atoms with Crippen LogP contribution in [-0.4, -0.2) is 49.3 Å². The molecule has 228 valence electrons. The smallest absolute Gasteiger partial charge is 0.252 e. The first-order valence-corrected chi connectivity index (χ1v) is 16.0. The molecular weight excluding hydrogens is 688 g/mol. The number of rotatable bonds is 13. The van der Waals surface area contributed by atoms with E-state index >= 15 is 0 Å². The third-order valence-corrected chi connectivity index (χ3v) is 8.76. The number of aliphatic imine (C=N–C) groups is 1. The van der Waals surface area contributed by atoms with Gasteiger partial charge in [0.25, 0.3) is 5.91 Å². The van der Waals surface area contributed by atoms with E-state index in [0.717, 1.165) is 31.2 Å². The molecule has 2 atom stereocenters. The maximum Gasteiger partial charge on any atom is 0.252 e. The van der Waals surface area contributed by atoms with Crippen LogP contribution in [0, 0.1) is 0 Å². The number of aliphatic hydroxyl groups excluding tert-OH is 1. The highest BCUT2D eigenvalue weighted by Crippen LogP contribution is 2.44. The summed E-state index contributed by atoms with van der Waals surface area (Å²) in [6, 6.07) is 30.9. The van der Waals surface area contributed by atoms with Crippen molar-refractivity contribution in [2.45, 2.75) is 30.9 Å². The number of carbonyl (C=O) groups is 1. The Morgan fingerprint density at radius 3 is 2.48 bits per heavy atom. The van der Waals surface area contributed by atoms with Crippen molar-refractivity contribution < 1.29 is 24.1 Å². The lowest BCUT2D eigenvalue weighted by Gasteiger charge is -2.31. The fraction of sp³-hybridized carbons (Fsp3) is 0.257. The van der Waals surface area contributed by atoms with E-state index in [9.17, 15) is 4.79 Å². The van der Waals surface area contributed by atoms with Gasteiger partial charge in [-0.3, -0.25) is 4.79 Å². The van der Waals surface area contributed by atoms with E-state index in [1.807, 2.05) is 97.1 Å². The number of aliphatic hydroxyl groups is 1. The van der Waals surface area contributed by atoms with Crippen molar-refractivity contribution in [3.63, 3.8) is 0 Å². The van der Waals surface area contributed by atoms with Crippen molar-refractivity contribution in [2.24, 2.45) is 4.99 Å². The van der Waals surface area contributed by atoms with E-state index in [-0.39, 0.29) is 12.5 Å². The number of ether oxygens (including phenoxy) is 3. The molecule has 44 heavy (non-hydrogen) atoms. The van der Waals surface area contributed by atoms with Crippen molar-refractivity contribution in [1.29, 1.82) is 0 Å². The lowest BCUT2D eigenvalue weighted by atomic mass is 9.82. The summed E-state index contributed by atoms with van der Waals surface area (Å²) in [5.74, 6) is 1.48. The lowest BCUT2D eigenvalue weighted by Crippen LogP contribution is -2.50. The van der Waals surface area contributed by atoms with E-state index < -0.39 is 11.6 Å². The molecule has 0 aromatic heterocycles. The number of nitrogens with zero attached hydrogens (tertiary/aromatic N) is 1. The summed E-state index contributed by atoms with van der Waals surface area (Å²) in [4.78, 5) is 19.6. The van der Waals surface area contributed by atoms with Gasteiger partial charge < -0.3 is 24.6 Å². The molecule has 0 unspecified atom stereocenters. The standard InChI is InChI=1S/C35H34Br2N2O5/c1-42-30-8-4-7-26(22-30)32-35(23-27-6-2-3-9-31(27)37,34(41)38-19-18-24-10-14-28(36)15-11-24)39-33(44-32)25-12-16-29(17-13-25)43-21-5-20-40/h2-4,6-17,22,32,40H,5,18-21,23H2,1H3,(H,38,41)/t32-,35-/m1/s1. The monoisotopic (exact) mass is 720 g/mol. The van der Waals surface area contributed by atoms with Gasteiger partial charge >= 0.3 is 0 Å². The van der Waals surface area contributed by atoms with E-state index in [4.69, 9.17) is 24.3 Å². The number of carbonyl (C=O) groups excluding carboxylic acids is 1. The van der Waals surface area contributed by atoms with E-state index in [1.54, 1.807) is 7.11 Å². The molecule has 0 spiro atoms. The van der Waals surface area contributed by atoms with Gasteiger partial charge in [-0.05, 0) is 77.7 Å². The number of hydrogen-bond donors (Lipinski definition) is 2. The largest absolute Gasteiger partial charge is 0.497 e. The highest BCUT2D eigenvalue weighted by Gasteiger charge is 2.53. The number of nitrogens with one attached hydrogen (secondary N) is 1. The highest BCUT2D eigenvalue weighted by atomic mass is 79.9. The zero-order chi connectivity index (χ0) is 30.9. The van der Waals surface area contributed by atoms with Crippen LogP contribution in [0.5, 0.6) is 11.5 Å². The van der Waals surface area contributed by atoms with Crippen molar-refractivity contribution in [2.75, 3.05) is 26.9 Å². The van der Waals surface area contributed by atoms with Crippen LogP contribution in [0.1, 0.15) is 34.8 Å². The molecule has 1 heterocycles. The number of methoxy groups -OCH3 is 1. The fourth-order valence-corrected chi connectivity index (χ4v) is 5.83. The average molecular weight is 722 g/mol. The van der Waals surface area contributed by atoms with Gasteiger partial charge in [0.2, 0.25) is 5.90 Å². The predicted octanol–water partition coefficient (Wildman–Crippen LogP) is 6.84. The molecule has 1 aliphatic rings. The quantitative estimate of drug-likeness (QED) is 0.148. The molecule has 9 heteroatoms. The second kappa shape index (κ2) is 14.9. The van der Waals surface area contributed by atoms with Gasteiger partial charge in [-0.1, -0.05) is 74.3 Å². The van der Waals surface area contributed by atoms with Gasteiger partial charge in [0.1, 0.15) is 11.5 Å². The Hall–Kier alpha value is -3.66. The second-order valence-corrected chi connectivity index (χ2v) is 12.2. The summed E-state index contributed by atoms with van der Waals surface area (Å²) < 4.78 is 19.8. The summed E-state index contributed by atoms with van der Waals surface area (Å²) in [6.45, 7) is 0.924. The van der Waals surface area contributed by atoms with Gasteiger partial charge in [-0.15, -0.1) is 0 Å². The molecule has 0 bridgehead atoms. The van der Waals surface area contributed by atoms with E-state index in [0.29, 0.717) is 49.8 Å². The molecule has 0 radical (unpaired) electrons. The Bertz CT molecular complexity index is 1590. The van der Waals surface area contributed by atoms with Crippen molar-refractivity contribution in [3.05, 3.63) is 128 Å². The molecule has 5 rings (SSSR count). The third kappa shape index (κ3) is 7.52. The Kier molecular flexibility index (Phi) is 10.7. The minimum atomic E-state index is -1.32. The van der Waals surface area contributed by atoms with Crippen LogP contribution in [-0.2, 0) is 22.4 Å². The minimum absolute atomic E-state index is 0.0686. The summed E-state index contributed by atoms with van der Waals surface area (Å²) >= 11 is 7.16. The number of benzene rings is 4. The topological polar surface area (TPSA) is 89.4 Å². The molecule has 0 fully saturated rings. The van der Waals surface area contributed by atoms with Gasteiger partial charge in [0.05, 0.1) is 13.7 Å². The van der Waals surface area contributed by atoms with Crippen LogP contribution in [0.3, 0.4) is 0 Å². The molecular formula is C35H34Br2N2O5. The zero-order valence-corrected chi connectivity index (χ0v) is 27.5. The summed E-state index contributed by atoms with van der Waals surface area (Å²) in [6.07, 6.45) is 0.789. The Balaban J connectivity index is 1.53. The molecule has 7 nitrogen and oxygen atoms in total. The Labute approximate surface area is 274 Å². The molecule has 0 aliphatic carbocycles. The van der Waals surface area contributed by atoms with Gasteiger partial charge in [0, 0.05) is 40.5 Å². The lowest BCUT2D eigenvalue weighted by molar-refractivity contribution is -0.128. The molecule has 1 aliphatic heterocycles. The molecule has 0 saturated heterocycles. The Morgan fingerprint density at radius 2 is 1.75 bits per heavy atom. The summed E-state index contributed by atoms with van der Waals surface area (Å²) in [5.41, 5.74) is 2.24. The third-order valence-electron chi connectivity index (χ3n) is 7.46. The fourth-order valence-electron chi connectivity index (χ4n) is 5.14. The summed E-state index contributed by atoms with van der Waals surface area (Å²) in [7, 11) is 1.61.